The predicted octanol–water partition coefficient (Wildman–Crippen LogP) is 3.36. The highest BCUT2D eigenvalue weighted by atomic mass is 28.2. The number of rotatable bonds is 12. The quantitative estimate of drug-likeness (QED) is 0.299. The highest BCUT2D eigenvalue weighted by molar-refractivity contribution is 6.35. The van der Waals surface area contributed by atoms with E-state index in [1.54, 1.807) is 0 Å². The molecule has 0 saturated heterocycles. The van der Waals surface area contributed by atoms with Gasteiger partial charge in [0.05, 0.1) is 0 Å². The van der Waals surface area contributed by atoms with Gasteiger partial charge in [-0.1, -0.05) is 38.3 Å². The summed E-state index contributed by atoms with van der Waals surface area (Å²) in [6.45, 7) is 7.87. The summed E-state index contributed by atoms with van der Waals surface area (Å²) < 4.78 is 11.0. The first-order valence-corrected chi connectivity index (χ1v) is 9.08. The Morgan fingerprint density at radius 2 is 1.56 bits per heavy atom. The molecule has 0 N–H and O–H groups in total. The van der Waals surface area contributed by atoms with Gasteiger partial charge in [0, 0.05) is 22.7 Å². The van der Waals surface area contributed by atoms with Gasteiger partial charge in [-0.05, 0) is 26.7 Å². The zero-order valence-corrected chi connectivity index (χ0v) is 12.9. The summed E-state index contributed by atoms with van der Waals surface area (Å²) in [5, 5.41) is 0. The van der Waals surface area contributed by atoms with E-state index in [9.17, 15) is 0 Å². The molecule has 0 heterocycles. The Morgan fingerprint density at radius 3 is 2.12 bits per heavy atom. The van der Waals surface area contributed by atoms with Gasteiger partial charge >= 0.3 is 0 Å². The molecule has 0 rings (SSSR count). The van der Waals surface area contributed by atoms with E-state index in [0.717, 1.165) is 19.6 Å². The Bertz CT molecular complexity index is 125. The summed E-state index contributed by atoms with van der Waals surface area (Å²) in [6.07, 6.45) is 6.54. The van der Waals surface area contributed by atoms with Gasteiger partial charge in [-0.3, -0.25) is 0 Å². The Balaban J connectivity index is 3.25. The van der Waals surface area contributed by atoms with Crippen LogP contribution in [0, 0.1) is 0 Å². The van der Waals surface area contributed by atoms with Crippen LogP contribution in [0.4, 0.5) is 0 Å². The fraction of sp³-hybridized carbons (Fsp3) is 1.00. The van der Waals surface area contributed by atoms with Crippen molar-refractivity contribution < 1.29 is 9.47 Å². The lowest BCUT2D eigenvalue weighted by molar-refractivity contribution is -0.140. The minimum atomic E-state index is 0.0443. The van der Waals surface area contributed by atoms with Crippen LogP contribution in [-0.4, -0.2) is 29.0 Å². The SMILES string of the molecule is CCC[SiH2]CCCCCC(OCC)OCC. The molecule has 0 bridgehead atoms. The van der Waals surface area contributed by atoms with Crippen molar-refractivity contribution >= 4 is 9.52 Å². The van der Waals surface area contributed by atoms with Crippen LogP contribution in [0.3, 0.4) is 0 Å². The highest BCUT2D eigenvalue weighted by Gasteiger charge is 2.06. The van der Waals surface area contributed by atoms with Crippen LogP contribution < -0.4 is 0 Å². The normalized spacial score (nSPS) is 12.0. The fourth-order valence-electron chi connectivity index (χ4n) is 1.85. The van der Waals surface area contributed by atoms with Gasteiger partial charge in [0.1, 0.15) is 0 Å². The van der Waals surface area contributed by atoms with Gasteiger partial charge < -0.3 is 9.47 Å². The van der Waals surface area contributed by atoms with E-state index < -0.39 is 0 Å². The summed E-state index contributed by atoms with van der Waals surface area (Å²) in [5.74, 6) is 0. The second-order valence-electron chi connectivity index (χ2n) is 4.25. The van der Waals surface area contributed by atoms with Crippen LogP contribution in [0.2, 0.25) is 12.1 Å². The zero-order valence-electron chi connectivity index (χ0n) is 11.5. The summed E-state index contributed by atoms with van der Waals surface area (Å²) >= 11 is 0. The molecule has 0 aromatic carbocycles. The standard InChI is InChI=1S/C13H30O2Si/c1-4-11-16-12-9-7-8-10-13(14-5-2)15-6-3/h13H,4-12,16H2,1-3H3. The van der Waals surface area contributed by atoms with Gasteiger partial charge in [-0.2, -0.15) is 0 Å². The summed E-state index contributed by atoms with van der Waals surface area (Å²) in [6, 6.07) is 3.06. The Hall–Kier alpha value is 0.137. The first-order valence-electron chi connectivity index (χ1n) is 7.08. The molecule has 0 radical (unpaired) electrons. The summed E-state index contributed by atoms with van der Waals surface area (Å²) in [5.41, 5.74) is 0. The van der Waals surface area contributed by atoms with E-state index in [-0.39, 0.29) is 15.8 Å². The molecule has 0 aromatic rings. The largest absolute Gasteiger partial charge is 0.353 e. The van der Waals surface area contributed by atoms with E-state index in [4.69, 9.17) is 9.47 Å². The van der Waals surface area contributed by atoms with Gasteiger partial charge in [0.2, 0.25) is 0 Å². The van der Waals surface area contributed by atoms with Gasteiger partial charge in [-0.25, -0.2) is 0 Å². The molecule has 0 aliphatic heterocycles. The van der Waals surface area contributed by atoms with Crippen LogP contribution in [0.25, 0.3) is 0 Å². The number of hydrogen-bond donors (Lipinski definition) is 0. The molecule has 0 aliphatic rings. The lowest BCUT2D eigenvalue weighted by Gasteiger charge is -2.16. The van der Waals surface area contributed by atoms with E-state index in [2.05, 4.69) is 6.92 Å². The van der Waals surface area contributed by atoms with Gasteiger partial charge in [0.15, 0.2) is 6.29 Å². The van der Waals surface area contributed by atoms with Crippen LogP contribution >= 0.6 is 0 Å². The third-order valence-electron chi connectivity index (χ3n) is 2.75. The molecule has 0 saturated carbocycles. The maximum atomic E-state index is 5.51. The predicted molar refractivity (Wildman–Crippen MR) is 74.0 cm³/mol. The van der Waals surface area contributed by atoms with Crippen molar-refractivity contribution in [1.29, 1.82) is 0 Å². The van der Waals surface area contributed by atoms with Crippen molar-refractivity contribution in [2.24, 2.45) is 0 Å². The highest BCUT2D eigenvalue weighted by Crippen LogP contribution is 2.10. The molecule has 0 unspecified atom stereocenters. The topological polar surface area (TPSA) is 18.5 Å². The Labute approximate surface area is 104 Å². The van der Waals surface area contributed by atoms with E-state index in [0.29, 0.717) is 0 Å². The molecule has 0 aliphatic carbocycles. The average molecular weight is 246 g/mol. The molecule has 0 amide bonds. The maximum absolute atomic E-state index is 5.51. The van der Waals surface area contributed by atoms with Gasteiger partial charge in [0.25, 0.3) is 0 Å². The van der Waals surface area contributed by atoms with Crippen molar-refractivity contribution in [3.05, 3.63) is 0 Å². The van der Waals surface area contributed by atoms with E-state index >= 15 is 0 Å². The van der Waals surface area contributed by atoms with Crippen LogP contribution in [0.5, 0.6) is 0 Å². The molecule has 0 aromatic heterocycles. The monoisotopic (exact) mass is 246 g/mol. The van der Waals surface area contributed by atoms with Gasteiger partial charge in [-0.15, -0.1) is 0 Å². The molecule has 3 heteroatoms. The molecule has 98 valence electrons. The van der Waals surface area contributed by atoms with Crippen LogP contribution in [-0.2, 0) is 9.47 Å². The molecule has 0 fully saturated rings. The fourth-order valence-corrected chi connectivity index (χ4v) is 3.42. The minimum Gasteiger partial charge on any atom is -0.353 e. The smallest absolute Gasteiger partial charge is 0.157 e. The third-order valence-corrected chi connectivity index (χ3v) is 4.96. The van der Waals surface area contributed by atoms with Crippen molar-refractivity contribution in [3.63, 3.8) is 0 Å². The molecular formula is C13H30O2Si. The lowest BCUT2D eigenvalue weighted by Crippen LogP contribution is -2.17. The second kappa shape index (κ2) is 13.2. The first kappa shape index (κ1) is 16.1. The van der Waals surface area contributed by atoms with E-state index in [1.165, 1.54) is 37.8 Å². The van der Waals surface area contributed by atoms with Crippen molar-refractivity contribution in [2.45, 2.75) is 71.3 Å². The molecule has 16 heavy (non-hydrogen) atoms. The lowest BCUT2D eigenvalue weighted by atomic mass is 10.2. The number of ether oxygens (including phenoxy) is 2. The number of unbranched alkanes of at least 4 members (excludes halogenated alkanes) is 2. The first-order chi connectivity index (χ1) is 7.85. The average Bonchev–Trinajstić information content (AvgIpc) is 2.28. The Kier molecular flexibility index (Phi) is 13.3. The zero-order chi connectivity index (χ0) is 12.1. The summed E-state index contributed by atoms with van der Waals surface area (Å²) in [4.78, 5) is 0. The second-order valence-corrected chi connectivity index (χ2v) is 6.37. The molecular weight excluding hydrogens is 216 g/mol. The maximum Gasteiger partial charge on any atom is 0.157 e. The van der Waals surface area contributed by atoms with Crippen molar-refractivity contribution in [2.75, 3.05) is 13.2 Å². The van der Waals surface area contributed by atoms with Crippen molar-refractivity contribution in [1.82, 2.24) is 0 Å². The molecule has 0 atom stereocenters. The molecule has 0 spiro atoms. The van der Waals surface area contributed by atoms with Crippen molar-refractivity contribution in [3.8, 4) is 0 Å². The summed E-state index contributed by atoms with van der Waals surface area (Å²) in [7, 11) is 0.282. The Morgan fingerprint density at radius 1 is 0.875 bits per heavy atom. The van der Waals surface area contributed by atoms with Crippen LogP contribution in [0.15, 0.2) is 0 Å². The van der Waals surface area contributed by atoms with E-state index in [1.807, 2.05) is 13.8 Å². The number of hydrogen-bond acceptors (Lipinski definition) is 2. The molecule has 2 nitrogen and oxygen atoms in total. The minimum absolute atomic E-state index is 0.0443. The third kappa shape index (κ3) is 10.6. The van der Waals surface area contributed by atoms with Crippen LogP contribution in [0.1, 0.15) is 52.9 Å².